The Morgan fingerprint density at radius 3 is 2.55 bits per heavy atom. The molecule has 120 valence electrons. The van der Waals surface area contributed by atoms with Crippen LogP contribution < -0.4 is 4.72 Å². The van der Waals surface area contributed by atoms with Crippen LogP contribution in [0.15, 0.2) is 52.0 Å². The summed E-state index contributed by atoms with van der Waals surface area (Å²) in [5, 5.41) is 0. The minimum Gasteiger partial charge on any atom is -0.469 e. The SMILES string of the molecule is C[C@H](Cc1ccco1)NS(=O)(=O)c1cccc(C(F)(F)F)c1. The van der Waals surface area contributed by atoms with Gasteiger partial charge in [0.1, 0.15) is 5.76 Å². The number of benzene rings is 1. The van der Waals surface area contributed by atoms with E-state index in [1.54, 1.807) is 19.1 Å². The number of nitrogens with one attached hydrogen (secondary N) is 1. The van der Waals surface area contributed by atoms with Crippen LogP contribution >= 0.6 is 0 Å². The van der Waals surface area contributed by atoms with Crippen LogP contribution in [0, 0.1) is 0 Å². The van der Waals surface area contributed by atoms with Crippen LogP contribution in [0.25, 0.3) is 0 Å². The highest BCUT2D eigenvalue weighted by atomic mass is 32.2. The van der Waals surface area contributed by atoms with Gasteiger partial charge in [-0.3, -0.25) is 0 Å². The third-order valence-electron chi connectivity index (χ3n) is 2.92. The molecule has 0 aliphatic heterocycles. The highest BCUT2D eigenvalue weighted by molar-refractivity contribution is 7.89. The summed E-state index contributed by atoms with van der Waals surface area (Å²) in [5.41, 5.74) is -1.01. The average molecular weight is 333 g/mol. The van der Waals surface area contributed by atoms with Crippen molar-refractivity contribution >= 4 is 10.0 Å². The summed E-state index contributed by atoms with van der Waals surface area (Å²) in [6.07, 6.45) is -2.83. The van der Waals surface area contributed by atoms with E-state index >= 15 is 0 Å². The Kier molecular flexibility index (Phi) is 4.62. The lowest BCUT2D eigenvalue weighted by atomic mass is 10.2. The molecule has 2 aromatic rings. The summed E-state index contributed by atoms with van der Waals surface area (Å²) >= 11 is 0. The van der Waals surface area contributed by atoms with Gasteiger partial charge in [0.25, 0.3) is 0 Å². The minimum absolute atomic E-state index is 0.297. The van der Waals surface area contributed by atoms with Crippen molar-refractivity contribution in [3.63, 3.8) is 0 Å². The van der Waals surface area contributed by atoms with Gasteiger partial charge < -0.3 is 4.42 Å². The standard InChI is InChI=1S/C14H14F3NO3S/c1-10(8-12-5-3-7-21-12)18-22(19,20)13-6-2-4-11(9-13)14(15,16)17/h2-7,9-10,18H,8H2,1H3/t10-/m1/s1. The molecule has 22 heavy (non-hydrogen) atoms. The molecule has 1 atom stereocenters. The maximum absolute atomic E-state index is 12.6. The Morgan fingerprint density at radius 1 is 1.23 bits per heavy atom. The van der Waals surface area contributed by atoms with Crippen LogP contribution in [-0.4, -0.2) is 14.5 Å². The Balaban J connectivity index is 2.16. The fraction of sp³-hybridized carbons (Fsp3) is 0.286. The van der Waals surface area contributed by atoms with Crippen molar-refractivity contribution in [2.45, 2.75) is 30.5 Å². The summed E-state index contributed by atoms with van der Waals surface area (Å²) in [6, 6.07) is 6.46. The Bertz CT molecular complexity index is 724. The molecule has 0 unspecified atom stereocenters. The molecular formula is C14H14F3NO3S. The van der Waals surface area contributed by atoms with E-state index < -0.39 is 32.7 Å². The first kappa shape index (κ1) is 16.6. The van der Waals surface area contributed by atoms with Crippen molar-refractivity contribution in [2.24, 2.45) is 0 Å². The summed E-state index contributed by atoms with van der Waals surface area (Å²) in [7, 11) is -4.04. The number of furan rings is 1. The lowest BCUT2D eigenvalue weighted by Gasteiger charge is -2.14. The van der Waals surface area contributed by atoms with Crippen LogP contribution in [0.3, 0.4) is 0 Å². The molecule has 0 fully saturated rings. The first-order valence-electron chi connectivity index (χ1n) is 6.40. The van der Waals surface area contributed by atoms with Gasteiger partial charge in [0.15, 0.2) is 0 Å². The third kappa shape index (κ3) is 4.11. The molecule has 8 heteroatoms. The summed E-state index contributed by atoms with van der Waals surface area (Å²) in [6.45, 7) is 1.60. The van der Waals surface area contributed by atoms with Crippen LogP contribution in [0.5, 0.6) is 0 Å². The van der Waals surface area contributed by atoms with Gasteiger partial charge in [-0.2, -0.15) is 13.2 Å². The summed E-state index contributed by atoms with van der Waals surface area (Å²) in [4.78, 5) is -0.423. The van der Waals surface area contributed by atoms with Crippen LogP contribution in [-0.2, 0) is 22.6 Å². The zero-order valence-corrected chi connectivity index (χ0v) is 12.4. The van der Waals surface area contributed by atoms with E-state index in [1.807, 2.05) is 0 Å². The molecule has 0 aliphatic rings. The van der Waals surface area contributed by atoms with Crippen molar-refractivity contribution in [1.82, 2.24) is 4.72 Å². The lowest BCUT2D eigenvalue weighted by Crippen LogP contribution is -2.34. The second-order valence-corrected chi connectivity index (χ2v) is 6.55. The number of hydrogen-bond acceptors (Lipinski definition) is 3. The molecule has 0 amide bonds. The van der Waals surface area contributed by atoms with Gasteiger partial charge >= 0.3 is 6.18 Å². The van der Waals surface area contributed by atoms with Gasteiger partial charge in [-0.25, -0.2) is 13.1 Å². The smallest absolute Gasteiger partial charge is 0.416 e. The first-order chi connectivity index (χ1) is 10.2. The number of hydrogen-bond donors (Lipinski definition) is 1. The van der Waals surface area contributed by atoms with E-state index in [9.17, 15) is 21.6 Å². The van der Waals surface area contributed by atoms with E-state index in [-0.39, 0.29) is 0 Å². The normalized spacial score (nSPS) is 14.0. The van der Waals surface area contributed by atoms with E-state index in [0.29, 0.717) is 18.2 Å². The highest BCUT2D eigenvalue weighted by Crippen LogP contribution is 2.30. The van der Waals surface area contributed by atoms with Crippen LogP contribution in [0.4, 0.5) is 13.2 Å². The van der Waals surface area contributed by atoms with E-state index in [2.05, 4.69) is 4.72 Å². The Morgan fingerprint density at radius 2 is 1.95 bits per heavy atom. The molecule has 2 rings (SSSR count). The van der Waals surface area contributed by atoms with Crippen molar-refractivity contribution in [3.8, 4) is 0 Å². The number of sulfonamides is 1. The van der Waals surface area contributed by atoms with Crippen molar-refractivity contribution in [2.75, 3.05) is 0 Å². The van der Waals surface area contributed by atoms with E-state index in [0.717, 1.165) is 18.2 Å². The second kappa shape index (κ2) is 6.13. The van der Waals surface area contributed by atoms with Gasteiger partial charge in [-0.1, -0.05) is 6.07 Å². The highest BCUT2D eigenvalue weighted by Gasteiger charge is 2.31. The van der Waals surface area contributed by atoms with Gasteiger partial charge in [-0.15, -0.1) is 0 Å². The molecule has 1 N–H and O–H groups in total. The van der Waals surface area contributed by atoms with Gasteiger partial charge in [-0.05, 0) is 37.3 Å². The van der Waals surface area contributed by atoms with Crippen molar-refractivity contribution in [1.29, 1.82) is 0 Å². The van der Waals surface area contributed by atoms with Gasteiger partial charge in [0, 0.05) is 12.5 Å². The lowest BCUT2D eigenvalue weighted by molar-refractivity contribution is -0.137. The monoisotopic (exact) mass is 333 g/mol. The zero-order valence-electron chi connectivity index (χ0n) is 11.6. The number of halogens is 3. The molecule has 1 aromatic heterocycles. The quantitative estimate of drug-likeness (QED) is 0.914. The van der Waals surface area contributed by atoms with E-state index in [4.69, 9.17) is 4.42 Å². The first-order valence-corrected chi connectivity index (χ1v) is 7.89. The Hall–Kier alpha value is -1.80. The summed E-state index contributed by atoms with van der Waals surface area (Å²) < 4.78 is 69.7. The number of alkyl halides is 3. The van der Waals surface area contributed by atoms with E-state index in [1.165, 1.54) is 6.26 Å². The molecule has 1 aromatic carbocycles. The molecular weight excluding hydrogens is 319 g/mol. The predicted molar refractivity (Wildman–Crippen MR) is 73.6 cm³/mol. The zero-order chi connectivity index (χ0) is 16.4. The molecule has 0 aliphatic carbocycles. The predicted octanol–water partition coefficient (Wildman–Crippen LogP) is 3.21. The van der Waals surface area contributed by atoms with Crippen molar-refractivity contribution < 1.29 is 26.0 Å². The number of rotatable bonds is 5. The largest absolute Gasteiger partial charge is 0.469 e. The van der Waals surface area contributed by atoms with Gasteiger partial charge in [0.2, 0.25) is 10.0 Å². The topological polar surface area (TPSA) is 59.3 Å². The van der Waals surface area contributed by atoms with Gasteiger partial charge in [0.05, 0.1) is 16.7 Å². The summed E-state index contributed by atoms with van der Waals surface area (Å²) in [5.74, 6) is 0.583. The fourth-order valence-electron chi connectivity index (χ4n) is 1.94. The van der Waals surface area contributed by atoms with Crippen LogP contribution in [0.2, 0.25) is 0 Å². The maximum Gasteiger partial charge on any atom is 0.416 e. The third-order valence-corrected chi connectivity index (χ3v) is 4.50. The fourth-order valence-corrected chi connectivity index (χ4v) is 3.23. The molecule has 1 heterocycles. The van der Waals surface area contributed by atoms with Crippen LogP contribution in [0.1, 0.15) is 18.2 Å². The molecule has 4 nitrogen and oxygen atoms in total. The molecule has 0 saturated carbocycles. The molecule has 0 bridgehead atoms. The second-order valence-electron chi connectivity index (χ2n) is 4.83. The minimum atomic E-state index is -4.59. The molecule has 0 spiro atoms. The average Bonchev–Trinajstić information content (AvgIpc) is 2.90. The van der Waals surface area contributed by atoms with Crippen molar-refractivity contribution in [3.05, 3.63) is 54.0 Å². The maximum atomic E-state index is 12.6. The Labute approximate surface area is 126 Å². The molecule has 0 radical (unpaired) electrons. The molecule has 0 saturated heterocycles.